The first-order chi connectivity index (χ1) is 16.1. The van der Waals surface area contributed by atoms with E-state index < -0.39 is 11.1 Å². The zero-order chi connectivity index (χ0) is 23.0. The van der Waals surface area contributed by atoms with Gasteiger partial charge in [0.15, 0.2) is 0 Å². The average Bonchev–Trinajstić information content (AvgIpc) is 3.14. The molecule has 0 atom stereocenters. The van der Waals surface area contributed by atoms with E-state index in [1.165, 1.54) is 6.08 Å². The quantitative estimate of drug-likeness (QED) is 0.344. The van der Waals surface area contributed by atoms with E-state index in [0.717, 1.165) is 11.8 Å². The monoisotopic (exact) mass is 461 g/mol. The van der Waals surface area contributed by atoms with Crippen LogP contribution in [0, 0.1) is 0 Å². The largest absolute Gasteiger partial charge is 0.439 e. The number of hydrogen-bond donors (Lipinski definition) is 3. The molecule has 1 aliphatic rings. The molecule has 0 bridgehead atoms. The number of anilines is 1. The van der Waals surface area contributed by atoms with Crippen LogP contribution in [0.5, 0.6) is 11.6 Å². The van der Waals surface area contributed by atoms with Gasteiger partial charge in [-0.3, -0.25) is 19.7 Å². The van der Waals surface area contributed by atoms with Crippen molar-refractivity contribution in [3.63, 3.8) is 0 Å². The Morgan fingerprint density at radius 1 is 1.00 bits per heavy atom. The lowest BCUT2D eigenvalue weighted by Crippen LogP contribution is -2.29. The molecule has 2 heterocycles. The van der Waals surface area contributed by atoms with Crippen molar-refractivity contribution in [1.82, 2.24) is 20.6 Å². The Morgan fingerprint density at radius 2 is 1.73 bits per heavy atom. The van der Waals surface area contributed by atoms with Gasteiger partial charge in [-0.05, 0) is 42.1 Å². The van der Waals surface area contributed by atoms with Gasteiger partial charge in [0.25, 0.3) is 17.1 Å². The molecule has 3 N–H and O–H groups in total. The van der Waals surface area contributed by atoms with Gasteiger partial charge in [-0.1, -0.05) is 36.4 Å². The smallest absolute Gasteiger partial charge is 0.290 e. The standard InChI is InChI=1S/C23H19N5O4S/c29-20(15-7-3-1-4-8-15)24-11-12-25-22-26-16(13-18-21(30)28-23(31)33-18)14-19(27-22)32-17-9-5-2-6-10-17/h1-10,13-14H,11-12H2,(H,24,29)(H,25,26,27)(H,28,30,31). The molecule has 2 aromatic carbocycles. The van der Waals surface area contributed by atoms with Crippen LogP contribution in [0.25, 0.3) is 6.08 Å². The molecule has 9 nitrogen and oxygen atoms in total. The van der Waals surface area contributed by atoms with E-state index in [1.807, 2.05) is 24.3 Å². The Bertz CT molecular complexity index is 1200. The maximum absolute atomic E-state index is 12.2. The maximum atomic E-state index is 12.2. The molecule has 33 heavy (non-hydrogen) atoms. The number of hydrogen-bond acceptors (Lipinski definition) is 8. The van der Waals surface area contributed by atoms with Crippen molar-refractivity contribution in [3.05, 3.63) is 82.9 Å². The van der Waals surface area contributed by atoms with Crippen molar-refractivity contribution in [2.24, 2.45) is 0 Å². The highest BCUT2D eigenvalue weighted by molar-refractivity contribution is 8.18. The van der Waals surface area contributed by atoms with Gasteiger partial charge in [-0.25, -0.2) is 4.98 Å². The number of carbonyl (C=O) groups is 3. The van der Waals surface area contributed by atoms with Gasteiger partial charge in [0, 0.05) is 24.7 Å². The van der Waals surface area contributed by atoms with Crippen molar-refractivity contribution in [2.75, 3.05) is 18.4 Å². The van der Waals surface area contributed by atoms with Crippen molar-refractivity contribution in [2.45, 2.75) is 0 Å². The number of nitrogens with zero attached hydrogens (tertiary/aromatic N) is 2. The van der Waals surface area contributed by atoms with Crippen LogP contribution < -0.4 is 20.7 Å². The summed E-state index contributed by atoms with van der Waals surface area (Å²) in [5, 5.41) is 7.63. The molecule has 4 rings (SSSR count). The lowest BCUT2D eigenvalue weighted by molar-refractivity contribution is -0.115. The molecule has 1 saturated heterocycles. The molecule has 1 aliphatic heterocycles. The minimum Gasteiger partial charge on any atom is -0.439 e. The number of rotatable bonds is 8. The molecule has 1 fully saturated rings. The Labute approximate surface area is 193 Å². The van der Waals surface area contributed by atoms with E-state index in [-0.39, 0.29) is 22.6 Å². The van der Waals surface area contributed by atoms with Crippen molar-refractivity contribution in [1.29, 1.82) is 0 Å². The molecular weight excluding hydrogens is 442 g/mol. The van der Waals surface area contributed by atoms with Gasteiger partial charge in [-0.15, -0.1) is 0 Å². The second-order valence-corrected chi connectivity index (χ2v) is 7.79. The molecule has 166 valence electrons. The van der Waals surface area contributed by atoms with Gasteiger partial charge in [0.05, 0.1) is 10.6 Å². The highest BCUT2D eigenvalue weighted by atomic mass is 32.2. The summed E-state index contributed by atoms with van der Waals surface area (Å²) in [5.74, 6) is 0.428. The van der Waals surface area contributed by atoms with Crippen LogP contribution in [-0.2, 0) is 4.79 Å². The Balaban J connectivity index is 1.46. The number of imide groups is 1. The van der Waals surface area contributed by atoms with Crippen molar-refractivity contribution in [3.8, 4) is 11.6 Å². The molecule has 0 spiro atoms. The van der Waals surface area contributed by atoms with Gasteiger partial charge >= 0.3 is 0 Å². The normalized spacial score (nSPS) is 14.1. The highest BCUT2D eigenvalue weighted by Gasteiger charge is 2.25. The summed E-state index contributed by atoms with van der Waals surface area (Å²) in [7, 11) is 0. The fraction of sp³-hybridized carbons (Fsp3) is 0.0870. The number of ether oxygens (including phenoxy) is 1. The fourth-order valence-electron chi connectivity index (χ4n) is 2.85. The van der Waals surface area contributed by atoms with E-state index in [0.29, 0.717) is 30.1 Å². The summed E-state index contributed by atoms with van der Waals surface area (Å²) in [4.78, 5) is 44.4. The molecule has 10 heteroatoms. The van der Waals surface area contributed by atoms with E-state index in [1.54, 1.807) is 42.5 Å². The van der Waals surface area contributed by atoms with E-state index >= 15 is 0 Å². The summed E-state index contributed by atoms with van der Waals surface area (Å²) in [6, 6.07) is 19.6. The van der Waals surface area contributed by atoms with Crippen molar-refractivity contribution >= 4 is 40.8 Å². The predicted molar refractivity (Wildman–Crippen MR) is 125 cm³/mol. The first-order valence-corrected chi connectivity index (χ1v) is 10.8. The summed E-state index contributed by atoms with van der Waals surface area (Å²) in [6.07, 6.45) is 1.49. The van der Waals surface area contributed by atoms with Crippen LogP contribution in [-0.4, -0.2) is 40.1 Å². The Hall–Kier alpha value is -4.18. The molecule has 3 amide bonds. The van der Waals surface area contributed by atoms with Gasteiger partial charge < -0.3 is 15.4 Å². The molecule has 3 aromatic rings. The number of nitrogens with one attached hydrogen (secondary N) is 3. The van der Waals surface area contributed by atoms with Crippen LogP contribution in [0.2, 0.25) is 0 Å². The molecule has 0 saturated carbocycles. The second-order valence-electron chi connectivity index (χ2n) is 6.77. The third-order valence-corrected chi connectivity index (χ3v) is 5.15. The third kappa shape index (κ3) is 6.17. The molecule has 0 unspecified atom stereocenters. The van der Waals surface area contributed by atoms with E-state index in [9.17, 15) is 14.4 Å². The second kappa shape index (κ2) is 10.4. The predicted octanol–water partition coefficient (Wildman–Crippen LogP) is 3.43. The zero-order valence-electron chi connectivity index (χ0n) is 17.3. The number of carbonyl (C=O) groups excluding carboxylic acids is 3. The molecular formula is C23H19N5O4S. The van der Waals surface area contributed by atoms with Gasteiger partial charge in [-0.2, -0.15) is 4.98 Å². The minimum atomic E-state index is -0.479. The summed E-state index contributed by atoms with van der Waals surface area (Å²) >= 11 is 0.799. The number of para-hydroxylation sites is 1. The molecule has 0 aliphatic carbocycles. The summed E-state index contributed by atoms with van der Waals surface area (Å²) in [6.45, 7) is 0.696. The maximum Gasteiger partial charge on any atom is 0.290 e. The van der Waals surface area contributed by atoms with E-state index in [4.69, 9.17) is 4.74 Å². The lowest BCUT2D eigenvalue weighted by atomic mass is 10.2. The van der Waals surface area contributed by atoms with Crippen LogP contribution in [0.4, 0.5) is 10.7 Å². The van der Waals surface area contributed by atoms with E-state index in [2.05, 4.69) is 25.9 Å². The fourth-order valence-corrected chi connectivity index (χ4v) is 3.52. The number of amides is 3. The topological polar surface area (TPSA) is 122 Å². The van der Waals surface area contributed by atoms with Crippen LogP contribution in [0.15, 0.2) is 71.6 Å². The van der Waals surface area contributed by atoms with Crippen LogP contribution >= 0.6 is 11.8 Å². The van der Waals surface area contributed by atoms with Crippen LogP contribution in [0.3, 0.4) is 0 Å². The summed E-state index contributed by atoms with van der Waals surface area (Å²) < 4.78 is 5.81. The first kappa shape index (κ1) is 22.0. The first-order valence-electron chi connectivity index (χ1n) is 10.0. The SMILES string of the molecule is O=C1NC(=O)C(=Cc2cc(Oc3ccccc3)nc(NCCNC(=O)c3ccccc3)n2)S1. The number of aromatic nitrogens is 2. The van der Waals surface area contributed by atoms with Crippen LogP contribution in [0.1, 0.15) is 16.1 Å². The van der Waals surface area contributed by atoms with Gasteiger partial charge in [0.1, 0.15) is 5.75 Å². The molecule has 0 radical (unpaired) electrons. The number of thioether (sulfide) groups is 1. The number of benzene rings is 2. The third-order valence-electron chi connectivity index (χ3n) is 4.34. The summed E-state index contributed by atoms with van der Waals surface area (Å²) in [5.41, 5.74) is 0.960. The van der Waals surface area contributed by atoms with Gasteiger partial charge in [0.2, 0.25) is 11.8 Å². The Kier molecular flexibility index (Phi) is 6.96. The zero-order valence-corrected chi connectivity index (χ0v) is 18.1. The Morgan fingerprint density at radius 3 is 2.42 bits per heavy atom. The average molecular weight is 462 g/mol. The van der Waals surface area contributed by atoms with Crippen molar-refractivity contribution < 1.29 is 19.1 Å². The minimum absolute atomic E-state index is 0.182. The lowest BCUT2D eigenvalue weighted by Gasteiger charge is -2.10. The highest BCUT2D eigenvalue weighted by Crippen LogP contribution is 2.27. The molecule has 1 aromatic heterocycles.